The van der Waals surface area contributed by atoms with Gasteiger partial charge in [-0.2, -0.15) is 5.10 Å². The fourth-order valence-electron chi connectivity index (χ4n) is 4.68. The summed E-state index contributed by atoms with van der Waals surface area (Å²) in [5, 5.41) is 4.64. The van der Waals surface area contributed by atoms with Crippen LogP contribution in [0.3, 0.4) is 0 Å². The monoisotopic (exact) mass is 368 g/mol. The van der Waals surface area contributed by atoms with Gasteiger partial charge in [0.15, 0.2) is 11.3 Å². The fourth-order valence-corrected chi connectivity index (χ4v) is 4.68. The molecule has 1 amide bonds. The van der Waals surface area contributed by atoms with E-state index in [4.69, 9.17) is 4.98 Å². The van der Waals surface area contributed by atoms with E-state index in [2.05, 4.69) is 18.1 Å². The molecule has 0 bridgehead atoms. The summed E-state index contributed by atoms with van der Waals surface area (Å²) < 4.78 is 1.88. The first kappa shape index (κ1) is 18.5. The lowest BCUT2D eigenvalue weighted by atomic mass is 9.86. The normalized spacial score (nSPS) is 19.4. The van der Waals surface area contributed by atoms with Gasteiger partial charge >= 0.3 is 0 Å². The summed E-state index contributed by atoms with van der Waals surface area (Å²) in [5.41, 5.74) is 3.70. The molecule has 0 atom stereocenters. The number of amides is 1. The highest BCUT2D eigenvalue weighted by atomic mass is 16.2. The number of fused-ring (bicyclic) bond motifs is 1. The van der Waals surface area contributed by atoms with Crippen LogP contribution in [0.4, 0.5) is 0 Å². The van der Waals surface area contributed by atoms with E-state index in [1.54, 1.807) is 0 Å². The van der Waals surface area contributed by atoms with Crippen LogP contribution < -0.4 is 0 Å². The number of likely N-dealkylation sites (tertiary alicyclic amines) is 1. The van der Waals surface area contributed by atoms with Crippen LogP contribution in [-0.2, 0) is 12.8 Å². The Morgan fingerprint density at radius 1 is 1.04 bits per heavy atom. The number of rotatable bonds is 4. The number of hydrogen-bond donors (Lipinski definition) is 0. The molecule has 0 spiro atoms. The predicted molar refractivity (Wildman–Crippen MR) is 107 cm³/mol. The molecule has 5 heteroatoms. The average Bonchev–Trinajstić information content (AvgIpc) is 2.94. The second-order valence-corrected chi connectivity index (χ2v) is 8.31. The number of aryl methyl sites for hydroxylation is 1. The second kappa shape index (κ2) is 8.41. The SMILES string of the molecule is CCc1cc(CC2CCCCC2)nc2cc(C(=O)N3CCCCCC3)nn12. The van der Waals surface area contributed by atoms with Crippen molar-refractivity contribution >= 4 is 11.6 Å². The van der Waals surface area contributed by atoms with Gasteiger partial charge in [-0.1, -0.05) is 51.9 Å². The van der Waals surface area contributed by atoms with Crippen LogP contribution in [-0.4, -0.2) is 38.5 Å². The zero-order valence-corrected chi connectivity index (χ0v) is 16.6. The quantitative estimate of drug-likeness (QED) is 0.802. The van der Waals surface area contributed by atoms with E-state index in [9.17, 15) is 4.79 Å². The van der Waals surface area contributed by atoms with Crippen LogP contribution in [0.2, 0.25) is 0 Å². The highest BCUT2D eigenvalue weighted by molar-refractivity contribution is 5.93. The molecule has 2 aromatic heterocycles. The van der Waals surface area contributed by atoms with Crippen LogP contribution in [0.1, 0.15) is 86.6 Å². The first-order chi connectivity index (χ1) is 13.2. The Balaban J connectivity index is 1.59. The smallest absolute Gasteiger partial charge is 0.274 e. The molecule has 2 aromatic rings. The second-order valence-electron chi connectivity index (χ2n) is 8.31. The molecule has 27 heavy (non-hydrogen) atoms. The first-order valence-corrected chi connectivity index (χ1v) is 10.9. The molecule has 0 unspecified atom stereocenters. The molecule has 0 N–H and O–H groups in total. The van der Waals surface area contributed by atoms with Gasteiger partial charge in [0.05, 0.1) is 0 Å². The molecule has 5 nitrogen and oxygen atoms in total. The first-order valence-electron chi connectivity index (χ1n) is 10.9. The lowest BCUT2D eigenvalue weighted by Crippen LogP contribution is -2.32. The molecule has 146 valence electrons. The van der Waals surface area contributed by atoms with Gasteiger partial charge in [0.25, 0.3) is 5.91 Å². The van der Waals surface area contributed by atoms with E-state index in [0.717, 1.165) is 56.0 Å². The predicted octanol–water partition coefficient (Wildman–Crippen LogP) is 4.43. The van der Waals surface area contributed by atoms with Crippen LogP contribution in [0, 0.1) is 5.92 Å². The number of carbonyl (C=O) groups excluding carboxylic acids is 1. The van der Waals surface area contributed by atoms with Crippen LogP contribution in [0.25, 0.3) is 5.65 Å². The number of carbonyl (C=O) groups is 1. The maximum Gasteiger partial charge on any atom is 0.274 e. The Morgan fingerprint density at radius 2 is 1.74 bits per heavy atom. The molecule has 1 aliphatic heterocycles. The minimum atomic E-state index is 0.0679. The third kappa shape index (κ3) is 4.17. The van der Waals surface area contributed by atoms with Crippen molar-refractivity contribution < 1.29 is 4.79 Å². The van der Waals surface area contributed by atoms with Crippen LogP contribution in [0.15, 0.2) is 12.1 Å². The Morgan fingerprint density at radius 3 is 2.44 bits per heavy atom. The zero-order chi connectivity index (χ0) is 18.6. The molecular formula is C22H32N4O. The van der Waals surface area contributed by atoms with Gasteiger partial charge in [-0.25, -0.2) is 9.50 Å². The van der Waals surface area contributed by atoms with Gasteiger partial charge in [0.1, 0.15) is 0 Å². The van der Waals surface area contributed by atoms with E-state index < -0.39 is 0 Å². The summed E-state index contributed by atoms with van der Waals surface area (Å²) in [6, 6.07) is 4.10. The molecule has 1 aliphatic carbocycles. The standard InChI is InChI=1S/C22H32N4O/c1-2-19-15-18(14-17-10-6-5-7-11-17)23-21-16-20(24-26(19)21)22(27)25-12-8-3-4-9-13-25/h15-17H,2-14H2,1H3. The summed E-state index contributed by atoms with van der Waals surface area (Å²) in [6.45, 7) is 3.86. The molecule has 1 saturated carbocycles. The van der Waals surface area contributed by atoms with Crippen molar-refractivity contribution in [1.82, 2.24) is 19.5 Å². The summed E-state index contributed by atoms with van der Waals surface area (Å²) >= 11 is 0. The van der Waals surface area contributed by atoms with Gasteiger partial charge in [-0.05, 0) is 37.7 Å². The van der Waals surface area contributed by atoms with Crippen molar-refractivity contribution in [2.75, 3.05) is 13.1 Å². The van der Waals surface area contributed by atoms with E-state index in [1.165, 1.54) is 50.6 Å². The van der Waals surface area contributed by atoms with E-state index in [1.807, 2.05) is 15.5 Å². The minimum absolute atomic E-state index is 0.0679. The Labute approximate surface area is 162 Å². The van der Waals surface area contributed by atoms with Crippen molar-refractivity contribution in [1.29, 1.82) is 0 Å². The van der Waals surface area contributed by atoms with Crippen molar-refractivity contribution in [3.05, 3.63) is 29.2 Å². The lowest BCUT2D eigenvalue weighted by Gasteiger charge is -2.21. The Bertz CT molecular complexity index is 783. The third-order valence-electron chi connectivity index (χ3n) is 6.25. The highest BCUT2D eigenvalue weighted by Gasteiger charge is 2.22. The Hall–Kier alpha value is -1.91. The zero-order valence-electron chi connectivity index (χ0n) is 16.6. The fraction of sp³-hybridized carbons (Fsp3) is 0.682. The lowest BCUT2D eigenvalue weighted by molar-refractivity contribution is 0.0755. The van der Waals surface area contributed by atoms with Crippen molar-refractivity contribution in [3.8, 4) is 0 Å². The van der Waals surface area contributed by atoms with Gasteiger partial charge in [-0.3, -0.25) is 4.79 Å². The maximum atomic E-state index is 12.9. The van der Waals surface area contributed by atoms with Gasteiger partial charge in [-0.15, -0.1) is 0 Å². The van der Waals surface area contributed by atoms with Gasteiger partial charge in [0, 0.05) is 30.5 Å². The highest BCUT2D eigenvalue weighted by Crippen LogP contribution is 2.27. The van der Waals surface area contributed by atoms with Crippen molar-refractivity contribution in [2.24, 2.45) is 5.92 Å². The number of aromatic nitrogens is 3. The van der Waals surface area contributed by atoms with Crippen molar-refractivity contribution in [3.63, 3.8) is 0 Å². The largest absolute Gasteiger partial charge is 0.337 e. The van der Waals surface area contributed by atoms with Crippen LogP contribution >= 0.6 is 0 Å². The summed E-state index contributed by atoms with van der Waals surface area (Å²) in [6.07, 6.45) is 13.4. The summed E-state index contributed by atoms with van der Waals surface area (Å²) in [7, 11) is 0. The molecule has 2 fully saturated rings. The molecule has 1 saturated heterocycles. The number of hydrogen-bond acceptors (Lipinski definition) is 3. The average molecular weight is 369 g/mol. The minimum Gasteiger partial charge on any atom is -0.337 e. The van der Waals surface area contributed by atoms with Crippen LogP contribution in [0.5, 0.6) is 0 Å². The van der Waals surface area contributed by atoms with E-state index >= 15 is 0 Å². The molecule has 0 aromatic carbocycles. The molecule has 2 aliphatic rings. The van der Waals surface area contributed by atoms with Gasteiger partial charge < -0.3 is 4.90 Å². The third-order valence-corrected chi connectivity index (χ3v) is 6.25. The maximum absolute atomic E-state index is 12.9. The molecule has 3 heterocycles. The Kier molecular flexibility index (Phi) is 5.74. The summed E-state index contributed by atoms with van der Waals surface area (Å²) in [5.74, 6) is 0.831. The topological polar surface area (TPSA) is 50.5 Å². The molecule has 4 rings (SSSR count). The van der Waals surface area contributed by atoms with E-state index in [-0.39, 0.29) is 5.91 Å². The van der Waals surface area contributed by atoms with Crippen molar-refractivity contribution in [2.45, 2.75) is 77.6 Å². The number of nitrogens with zero attached hydrogens (tertiary/aromatic N) is 4. The molecule has 0 radical (unpaired) electrons. The molecular weight excluding hydrogens is 336 g/mol. The van der Waals surface area contributed by atoms with Gasteiger partial charge in [0.2, 0.25) is 0 Å². The van der Waals surface area contributed by atoms with E-state index in [0.29, 0.717) is 5.69 Å². The summed E-state index contributed by atoms with van der Waals surface area (Å²) in [4.78, 5) is 19.8.